The molecule has 1 aromatic carbocycles. The van der Waals surface area contributed by atoms with Crippen molar-refractivity contribution in [2.24, 2.45) is 0 Å². The van der Waals surface area contributed by atoms with E-state index in [1.54, 1.807) is 12.1 Å². The van der Waals surface area contributed by atoms with Gasteiger partial charge in [0.15, 0.2) is 0 Å². The smallest absolute Gasteiger partial charge is 0.335 e. The van der Waals surface area contributed by atoms with E-state index >= 15 is 0 Å². The topological polar surface area (TPSA) is 91.3 Å². The van der Waals surface area contributed by atoms with Crippen LogP contribution in [0.4, 0.5) is 0 Å². The van der Waals surface area contributed by atoms with Gasteiger partial charge in [-0.05, 0) is 25.1 Å². The predicted molar refractivity (Wildman–Crippen MR) is 86.7 cm³/mol. The molecular formula is C17H24O7. The third kappa shape index (κ3) is 9.94. The summed E-state index contributed by atoms with van der Waals surface area (Å²) in [6, 6.07) is 6.30. The zero-order valence-corrected chi connectivity index (χ0v) is 13.9. The SMILES string of the molecule is CC(=O)CCOCCOCCOCCOc1cccc(C(=O)O)c1. The second-order valence-electron chi connectivity index (χ2n) is 4.97. The number of rotatable bonds is 14. The molecule has 0 radical (unpaired) electrons. The van der Waals surface area contributed by atoms with Gasteiger partial charge >= 0.3 is 5.97 Å². The first-order valence-corrected chi connectivity index (χ1v) is 7.78. The zero-order chi connectivity index (χ0) is 17.6. The van der Waals surface area contributed by atoms with Gasteiger partial charge < -0.3 is 24.1 Å². The second kappa shape index (κ2) is 12.5. The van der Waals surface area contributed by atoms with E-state index in [4.69, 9.17) is 24.1 Å². The largest absolute Gasteiger partial charge is 0.491 e. The molecule has 0 aliphatic rings. The van der Waals surface area contributed by atoms with Crippen LogP contribution in [0.25, 0.3) is 0 Å². The van der Waals surface area contributed by atoms with Crippen molar-refractivity contribution in [3.05, 3.63) is 29.8 Å². The van der Waals surface area contributed by atoms with Gasteiger partial charge in [-0.15, -0.1) is 0 Å². The molecule has 0 amide bonds. The number of ketones is 1. The van der Waals surface area contributed by atoms with Gasteiger partial charge in [0.1, 0.15) is 18.1 Å². The Morgan fingerprint density at radius 3 is 2.08 bits per heavy atom. The number of ether oxygens (including phenoxy) is 4. The fourth-order valence-electron chi connectivity index (χ4n) is 1.70. The summed E-state index contributed by atoms with van der Waals surface area (Å²) in [5.41, 5.74) is 0.187. The number of carboxylic acids is 1. The Morgan fingerprint density at radius 1 is 0.917 bits per heavy atom. The molecule has 7 nitrogen and oxygen atoms in total. The molecule has 0 aromatic heterocycles. The lowest BCUT2D eigenvalue weighted by molar-refractivity contribution is -0.118. The molecule has 1 rings (SSSR count). The highest BCUT2D eigenvalue weighted by atomic mass is 16.6. The van der Waals surface area contributed by atoms with Crippen molar-refractivity contribution in [1.29, 1.82) is 0 Å². The van der Waals surface area contributed by atoms with Crippen molar-refractivity contribution in [2.75, 3.05) is 46.2 Å². The van der Waals surface area contributed by atoms with E-state index in [1.807, 2.05) is 0 Å². The molecule has 0 aliphatic carbocycles. The first kappa shape index (κ1) is 20.1. The van der Waals surface area contributed by atoms with E-state index < -0.39 is 5.97 Å². The van der Waals surface area contributed by atoms with Gasteiger partial charge in [0, 0.05) is 6.42 Å². The minimum Gasteiger partial charge on any atom is -0.491 e. The summed E-state index contributed by atoms with van der Waals surface area (Å²) in [5.74, 6) is -0.377. The van der Waals surface area contributed by atoms with Crippen LogP contribution in [0.3, 0.4) is 0 Å². The Hall–Kier alpha value is -1.96. The maximum atomic E-state index is 10.8. The van der Waals surface area contributed by atoms with Crippen LogP contribution in [0.2, 0.25) is 0 Å². The molecule has 1 N–H and O–H groups in total. The number of carbonyl (C=O) groups excluding carboxylic acids is 1. The van der Waals surface area contributed by atoms with Crippen LogP contribution < -0.4 is 4.74 Å². The summed E-state index contributed by atoms with van der Waals surface area (Å²) in [7, 11) is 0. The lowest BCUT2D eigenvalue weighted by atomic mass is 10.2. The van der Waals surface area contributed by atoms with Gasteiger partial charge in [0.25, 0.3) is 0 Å². The molecule has 0 saturated heterocycles. The van der Waals surface area contributed by atoms with E-state index in [2.05, 4.69) is 0 Å². The first-order valence-electron chi connectivity index (χ1n) is 7.78. The summed E-state index contributed by atoms with van der Waals surface area (Å²) in [5, 5.41) is 8.88. The highest BCUT2D eigenvalue weighted by Gasteiger charge is 2.03. The van der Waals surface area contributed by atoms with Crippen LogP contribution in [0.1, 0.15) is 23.7 Å². The van der Waals surface area contributed by atoms with Crippen LogP contribution in [0.15, 0.2) is 24.3 Å². The Labute approximate surface area is 141 Å². The van der Waals surface area contributed by atoms with E-state index in [1.165, 1.54) is 19.1 Å². The molecular weight excluding hydrogens is 316 g/mol. The number of carboxylic acid groups (broad SMARTS) is 1. The van der Waals surface area contributed by atoms with Crippen LogP contribution in [-0.4, -0.2) is 63.1 Å². The minimum atomic E-state index is -0.987. The maximum absolute atomic E-state index is 10.8. The number of carbonyl (C=O) groups is 2. The fraction of sp³-hybridized carbons (Fsp3) is 0.529. The van der Waals surface area contributed by atoms with Crippen LogP contribution in [0.5, 0.6) is 5.75 Å². The van der Waals surface area contributed by atoms with Crippen LogP contribution in [-0.2, 0) is 19.0 Å². The van der Waals surface area contributed by atoms with Crippen molar-refractivity contribution in [1.82, 2.24) is 0 Å². The molecule has 134 valence electrons. The number of hydrogen-bond donors (Lipinski definition) is 1. The van der Waals surface area contributed by atoms with E-state index in [9.17, 15) is 9.59 Å². The third-order valence-corrected chi connectivity index (χ3v) is 2.92. The summed E-state index contributed by atoms with van der Waals surface area (Å²) in [6.45, 7) is 4.47. The molecule has 1 aromatic rings. The summed E-state index contributed by atoms with van der Waals surface area (Å²) < 4.78 is 21.3. The third-order valence-electron chi connectivity index (χ3n) is 2.92. The summed E-state index contributed by atoms with van der Waals surface area (Å²) in [6.07, 6.45) is 0.429. The predicted octanol–water partition coefficient (Wildman–Crippen LogP) is 1.79. The lowest BCUT2D eigenvalue weighted by Crippen LogP contribution is -2.13. The average molecular weight is 340 g/mol. The highest BCUT2D eigenvalue weighted by Crippen LogP contribution is 2.13. The van der Waals surface area contributed by atoms with Gasteiger partial charge in [-0.2, -0.15) is 0 Å². The van der Waals surface area contributed by atoms with Gasteiger partial charge in [-0.1, -0.05) is 6.07 Å². The Morgan fingerprint density at radius 2 is 1.50 bits per heavy atom. The first-order chi connectivity index (χ1) is 11.6. The van der Waals surface area contributed by atoms with Crippen molar-refractivity contribution in [2.45, 2.75) is 13.3 Å². The monoisotopic (exact) mass is 340 g/mol. The zero-order valence-electron chi connectivity index (χ0n) is 13.9. The molecule has 0 unspecified atom stereocenters. The van der Waals surface area contributed by atoms with Crippen LogP contribution in [0, 0.1) is 0 Å². The van der Waals surface area contributed by atoms with E-state index in [-0.39, 0.29) is 11.3 Å². The molecule has 0 atom stereocenters. The number of hydrogen-bond acceptors (Lipinski definition) is 6. The van der Waals surface area contributed by atoms with Gasteiger partial charge in [0.2, 0.25) is 0 Å². The minimum absolute atomic E-state index is 0.112. The molecule has 0 bridgehead atoms. The number of benzene rings is 1. The molecule has 0 heterocycles. The van der Waals surface area contributed by atoms with Crippen LogP contribution >= 0.6 is 0 Å². The molecule has 0 spiro atoms. The van der Waals surface area contributed by atoms with Crippen molar-refractivity contribution in [3.8, 4) is 5.75 Å². The quantitative estimate of drug-likeness (QED) is 0.516. The molecule has 24 heavy (non-hydrogen) atoms. The molecule has 0 fully saturated rings. The van der Waals surface area contributed by atoms with Gasteiger partial charge in [-0.25, -0.2) is 4.79 Å². The van der Waals surface area contributed by atoms with Crippen molar-refractivity contribution in [3.63, 3.8) is 0 Å². The van der Waals surface area contributed by atoms with Crippen molar-refractivity contribution >= 4 is 11.8 Å². The molecule has 0 saturated carbocycles. The van der Waals surface area contributed by atoms with Gasteiger partial charge in [-0.3, -0.25) is 4.79 Å². The summed E-state index contributed by atoms with van der Waals surface area (Å²) >= 11 is 0. The van der Waals surface area contributed by atoms with E-state index in [0.29, 0.717) is 58.4 Å². The normalized spacial score (nSPS) is 10.5. The Bertz CT molecular complexity index is 501. The maximum Gasteiger partial charge on any atom is 0.335 e. The highest BCUT2D eigenvalue weighted by molar-refractivity contribution is 5.87. The number of aromatic carboxylic acids is 1. The molecule has 7 heteroatoms. The van der Waals surface area contributed by atoms with Crippen molar-refractivity contribution < 1.29 is 33.6 Å². The summed E-state index contributed by atoms with van der Waals surface area (Å²) in [4.78, 5) is 21.5. The Kier molecular flexibility index (Phi) is 10.4. The second-order valence-corrected chi connectivity index (χ2v) is 4.97. The average Bonchev–Trinajstić information content (AvgIpc) is 2.55. The van der Waals surface area contributed by atoms with Gasteiger partial charge in [0.05, 0.1) is 45.2 Å². The molecule has 0 aliphatic heterocycles. The Balaban J connectivity index is 1.93. The fourth-order valence-corrected chi connectivity index (χ4v) is 1.70. The lowest BCUT2D eigenvalue weighted by Gasteiger charge is -2.08. The number of Topliss-reactive ketones (excluding diaryl/α,β-unsaturated/α-hetero) is 1. The van der Waals surface area contributed by atoms with E-state index in [0.717, 1.165) is 0 Å². The standard InChI is InChI=1S/C17H24O7/c1-14(18)5-6-21-7-8-22-9-10-23-11-12-24-16-4-2-3-15(13-16)17(19)20/h2-4,13H,5-12H2,1H3,(H,19,20).